The van der Waals surface area contributed by atoms with Crippen molar-refractivity contribution in [2.75, 3.05) is 18.4 Å². The van der Waals surface area contributed by atoms with E-state index in [1.807, 2.05) is 17.7 Å². The van der Waals surface area contributed by atoms with Crippen LogP contribution in [-0.4, -0.2) is 57.0 Å². The number of aliphatic carboxylic acids is 1. The number of carbonyl (C=O) groups is 2. The number of hydrogen-bond acceptors (Lipinski definition) is 4. The molecule has 2 aliphatic carbocycles. The maximum Gasteiger partial charge on any atom is 0.320 e. The minimum Gasteiger partial charge on any atom is -0.480 e. The van der Waals surface area contributed by atoms with Gasteiger partial charge in [0.1, 0.15) is 0 Å². The van der Waals surface area contributed by atoms with Crippen molar-refractivity contribution in [2.24, 2.45) is 5.92 Å². The zero-order valence-electron chi connectivity index (χ0n) is 16.4. The molecular weight excluding hydrogens is 346 g/mol. The molecule has 0 bridgehead atoms. The molecule has 150 valence electrons. The van der Waals surface area contributed by atoms with Crippen molar-refractivity contribution < 1.29 is 14.7 Å². The van der Waals surface area contributed by atoms with Crippen molar-refractivity contribution in [3.63, 3.8) is 0 Å². The molecule has 2 fully saturated rings. The van der Waals surface area contributed by atoms with Gasteiger partial charge in [0.05, 0.1) is 6.54 Å². The first-order chi connectivity index (χ1) is 12.9. The number of nitrogens with zero attached hydrogens (tertiary/aromatic N) is 3. The first-order valence-corrected chi connectivity index (χ1v) is 9.95. The number of anilines is 1. The number of aromatic nitrogens is 2. The van der Waals surface area contributed by atoms with Crippen LogP contribution in [0.15, 0.2) is 6.07 Å². The molecule has 2 amide bonds. The van der Waals surface area contributed by atoms with E-state index in [2.05, 4.69) is 34.5 Å². The van der Waals surface area contributed by atoms with E-state index in [1.165, 1.54) is 12.8 Å². The van der Waals surface area contributed by atoms with Crippen molar-refractivity contribution in [3.05, 3.63) is 11.8 Å². The van der Waals surface area contributed by atoms with Crippen LogP contribution in [-0.2, 0) is 4.79 Å². The number of aryl methyl sites for hydroxylation is 1. The number of rotatable bonds is 9. The minimum atomic E-state index is -0.780. The van der Waals surface area contributed by atoms with Crippen LogP contribution in [0.25, 0.3) is 0 Å². The number of carboxylic acid groups (broad SMARTS) is 1. The molecule has 0 aromatic carbocycles. The molecule has 2 saturated carbocycles. The van der Waals surface area contributed by atoms with E-state index >= 15 is 0 Å². The van der Waals surface area contributed by atoms with Gasteiger partial charge in [0.25, 0.3) is 0 Å². The van der Waals surface area contributed by atoms with Gasteiger partial charge in [0, 0.05) is 36.4 Å². The first kappa shape index (κ1) is 19.7. The van der Waals surface area contributed by atoms with Crippen molar-refractivity contribution in [1.82, 2.24) is 20.0 Å². The number of amides is 2. The molecule has 8 heteroatoms. The number of nitrogens with one attached hydrogen (secondary N) is 2. The van der Waals surface area contributed by atoms with E-state index in [-0.39, 0.29) is 24.7 Å². The summed E-state index contributed by atoms with van der Waals surface area (Å²) in [4.78, 5) is 25.4. The van der Waals surface area contributed by atoms with Gasteiger partial charge < -0.3 is 10.4 Å². The summed E-state index contributed by atoms with van der Waals surface area (Å²) in [6.45, 7) is 7.14. The third-order valence-electron chi connectivity index (χ3n) is 5.67. The largest absolute Gasteiger partial charge is 0.480 e. The van der Waals surface area contributed by atoms with E-state index < -0.39 is 5.97 Å². The molecule has 0 radical (unpaired) electrons. The molecule has 1 atom stereocenters. The monoisotopic (exact) mass is 377 g/mol. The number of carbonyl (C=O) groups excluding carboxylic acids is 1. The molecule has 2 aliphatic rings. The Kier molecular flexibility index (Phi) is 6.04. The lowest BCUT2D eigenvalue weighted by atomic mass is 9.85. The SMILES string of the molecule is CCC(C)n1nc(NC(=O)NC2CC(N(CC(=O)O)CC3CC3)C2)cc1C. The summed E-state index contributed by atoms with van der Waals surface area (Å²) in [5.74, 6) is 0.433. The van der Waals surface area contributed by atoms with Crippen molar-refractivity contribution in [1.29, 1.82) is 0 Å². The average molecular weight is 377 g/mol. The van der Waals surface area contributed by atoms with Crippen LogP contribution in [0.4, 0.5) is 10.6 Å². The minimum absolute atomic E-state index is 0.0863. The second kappa shape index (κ2) is 8.29. The van der Waals surface area contributed by atoms with Gasteiger partial charge in [-0.25, -0.2) is 4.79 Å². The fourth-order valence-corrected chi connectivity index (χ4v) is 3.66. The van der Waals surface area contributed by atoms with Crippen LogP contribution in [0.1, 0.15) is 57.7 Å². The zero-order valence-corrected chi connectivity index (χ0v) is 16.4. The molecule has 3 rings (SSSR count). The molecule has 1 aromatic heterocycles. The highest BCUT2D eigenvalue weighted by Gasteiger charge is 2.37. The Morgan fingerprint density at radius 1 is 1.41 bits per heavy atom. The Morgan fingerprint density at radius 2 is 2.11 bits per heavy atom. The standard InChI is InChI=1S/C19H31N5O3/c1-4-12(2)24-13(3)7-17(22-24)21-19(27)20-15-8-16(9-15)23(11-18(25)26)10-14-5-6-14/h7,12,14-16H,4-6,8-11H2,1-3H3,(H,25,26)(H2,20,21,22,27). The lowest BCUT2D eigenvalue weighted by Crippen LogP contribution is -2.55. The molecule has 27 heavy (non-hydrogen) atoms. The molecule has 3 N–H and O–H groups in total. The summed E-state index contributed by atoms with van der Waals surface area (Å²) in [6, 6.07) is 2.25. The molecule has 1 heterocycles. The van der Waals surface area contributed by atoms with E-state index in [0.29, 0.717) is 17.8 Å². The molecule has 0 spiro atoms. The summed E-state index contributed by atoms with van der Waals surface area (Å²) in [5, 5.41) is 19.4. The van der Waals surface area contributed by atoms with Gasteiger partial charge in [0.2, 0.25) is 0 Å². The van der Waals surface area contributed by atoms with Gasteiger partial charge in [-0.2, -0.15) is 5.10 Å². The van der Waals surface area contributed by atoms with Gasteiger partial charge in [-0.15, -0.1) is 0 Å². The lowest BCUT2D eigenvalue weighted by molar-refractivity contribution is -0.139. The van der Waals surface area contributed by atoms with Crippen molar-refractivity contribution >= 4 is 17.8 Å². The number of hydrogen-bond donors (Lipinski definition) is 3. The highest BCUT2D eigenvalue weighted by Crippen LogP contribution is 2.33. The second-order valence-electron chi connectivity index (χ2n) is 8.06. The van der Waals surface area contributed by atoms with Crippen LogP contribution in [0.2, 0.25) is 0 Å². The highest BCUT2D eigenvalue weighted by atomic mass is 16.4. The number of carboxylic acids is 1. The van der Waals surface area contributed by atoms with Crippen LogP contribution in [0.5, 0.6) is 0 Å². The summed E-state index contributed by atoms with van der Waals surface area (Å²) in [7, 11) is 0. The van der Waals surface area contributed by atoms with E-state index in [9.17, 15) is 9.59 Å². The molecule has 0 aliphatic heterocycles. The van der Waals surface area contributed by atoms with Gasteiger partial charge in [-0.1, -0.05) is 6.92 Å². The fraction of sp³-hybridized carbons (Fsp3) is 0.737. The van der Waals surface area contributed by atoms with Crippen LogP contribution in [0, 0.1) is 12.8 Å². The first-order valence-electron chi connectivity index (χ1n) is 9.95. The molecule has 1 aromatic rings. The smallest absolute Gasteiger partial charge is 0.320 e. The fourth-order valence-electron chi connectivity index (χ4n) is 3.66. The summed E-state index contributed by atoms with van der Waals surface area (Å²) in [6.07, 6.45) is 4.98. The predicted molar refractivity (Wildman–Crippen MR) is 103 cm³/mol. The van der Waals surface area contributed by atoms with E-state index in [0.717, 1.165) is 31.5 Å². The Labute approximate surface area is 160 Å². The van der Waals surface area contributed by atoms with Crippen LogP contribution < -0.4 is 10.6 Å². The zero-order chi connectivity index (χ0) is 19.6. The molecular formula is C19H31N5O3. The van der Waals surface area contributed by atoms with E-state index in [1.54, 1.807) is 0 Å². The van der Waals surface area contributed by atoms with Gasteiger partial charge in [-0.3, -0.25) is 19.7 Å². The highest BCUT2D eigenvalue weighted by molar-refractivity contribution is 5.88. The molecule has 0 saturated heterocycles. The quantitative estimate of drug-likeness (QED) is 0.614. The maximum atomic E-state index is 12.2. The molecule has 1 unspecified atom stereocenters. The van der Waals surface area contributed by atoms with Crippen molar-refractivity contribution in [3.8, 4) is 0 Å². The third kappa shape index (κ3) is 5.22. The Balaban J connectivity index is 1.45. The lowest BCUT2D eigenvalue weighted by Gasteiger charge is -2.42. The predicted octanol–water partition coefficient (Wildman–Crippen LogP) is 2.61. The number of urea groups is 1. The summed E-state index contributed by atoms with van der Waals surface area (Å²) in [5.41, 5.74) is 1.02. The second-order valence-corrected chi connectivity index (χ2v) is 8.06. The van der Waals surface area contributed by atoms with Crippen LogP contribution in [0.3, 0.4) is 0 Å². The maximum absolute atomic E-state index is 12.2. The Bertz CT molecular complexity index is 679. The van der Waals surface area contributed by atoms with E-state index in [4.69, 9.17) is 5.11 Å². The van der Waals surface area contributed by atoms with Gasteiger partial charge >= 0.3 is 12.0 Å². The van der Waals surface area contributed by atoms with Crippen LogP contribution >= 0.6 is 0 Å². The normalized spacial score (nSPS) is 23.0. The van der Waals surface area contributed by atoms with Gasteiger partial charge in [0.15, 0.2) is 5.82 Å². The Morgan fingerprint density at radius 3 is 2.70 bits per heavy atom. The average Bonchev–Trinajstić information content (AvgIpc) is 3.30. The molecule has 8 nitrogen and oxygen atoms in total. The topological polar surface area (TPSA) is 99.5 Å². The summed E-state index contributed by atoms with van der Waals surface area (Å²) < 4.78 is 1.93. The van der Waals surface area contributed by atoms with Crippen molar-refractivity contribution in [2.45, 2.75) is 71.0 Å². The van der Waals surface area contributed by atoms with Gasteiger partial charge in [-0.05, 0) is 51.9 Å². The Hall–Kier alpha value is -2.09. The third-order valence-corrected chi connectivity index (χ3v) is 5.67. The summed E-state index contributed by atoms with van der Waals surface area (Å²) >= 11 is 0.